The second-order valence-corrected chi connectivity index (χ2v) is 5.23. The summed E-state index contributed by atoms with van der Waals surface area (Å²) in [4.78, 5) is 13.8. The van der Waals surface area contributed by atoms with E-state index in [-0.39, 0.29) is 23.9 Å². The van der Waals surface area contributed by atoms with Gasteiger partial charge in [0.05, 0.1) is 13.2 Å². The molecule has 0 aromatic heterocycles. The lowest BCUT2D eigenvalue weighted by Crippen LogP contribution is -2.49. The standard InChI is InChI=1S/C16H20F2N2O3/c1-3-11(2)19-16(21)20-7-8-22-14(10-20)12-5-4-6-13(9-12)23-15(17)18/h3-6,9,11,14-15H,1,7-8,10H2,2H3,(H,19,21)/t11-,14-/m1/s1. The van der Waals surface area contributed by atoms with Crippen LogP contribution in [-0.4, -0.2) is 43.3 Å². The van der Waals surface area contributed by atoms with Gasteiger partial charge in [-0.2, -0.15) is 8.78 Å². The van der Waals surface area contributed by atoms with E-state index in [1.807, 2.05) is 6.92 Å². The summed E-state index contributed by atoms with van der Waals surface area (Å²) in [6, 6.07) is 6.00. The van der Waals surface area contributed by atoms with Crippen LogP contribution in [0.25, 0.3) is 0 Å². The van der Waals surface area contributed by atoms with Gasteiger partial charge in [-0.15, -0.1) is 6.58 Å². The lowest BCUT2D eigenvalue weighted by Gasteiger charge is -2.33. The molecular formula is C16H20F2N2O3. The minimum absolute atomic E-state index is 0.0722. The monoisotopic (exact) mass is 326 g/mol. The lowest BCUT2D eigenvalue weighted by molar-refractivity contribution is -0.0503. The van der Waals surface area contributed by atoms with Crippen LogP contribution in [0.15, 0.2) is 36.9 Å². The van der Waals surface area contributed by atoms with Gasteiger partial charge in [0, 0.05) is 12.6 Å². The first kappa shape index (κ1) is 17.2. The van der Waals surface area contributed by atoms with Crippen LogP contribution in [0, 0.1) is 0 Å². The molecule has 2 rings (SSSR count). The third kappa shape index (κ3) is 4.92. The number of hydrogen-bond donors (Lipinski definition) is 1. The van der Waals surface area contributed by atoms with Gasteiger partial charge in [0.15, 0.2) is 0 Å². The van der Waals surface area contributed by atoms with Crippen LogP contribution in [0.5, 0.6) is 5.75 Å². The normalized spacial score (nSPS) is 19.3. The highest BCUT2D eigenvalue weighted by atomic mass is 19.3. The van der Waals surface area contributed by atoms with E-state index in [9.17, 15) is 13.6 Å². The van der Waals surface area contributed by atoms with Crippen molar-refractivity contribution >= 4 is 6.03 Å². The zero-order valence-electron chi connectivity index (χ0n) is 12.9. The molecular weight excluding hydrogens is 306 g/mol. The van der Waals surface area contributed by atoms with Gasteiger partial charge in [0.2, 0.25) is 0 Å². The van der Waals surface area contributed by atoms with Crippen molar-refractivity contribution in [2.24, 2.45) is 0 Å². The number of carbonyl (C=O) groups excluding carboxylic acids is 1. The van der Waals surface area contributed by atoms with E-state index in [4.69, 9.17) is 4.74 Å². The molecule has 1 heterocycles. The largest absolute Gasteiger partial charge is 0.435 e. The maximum absolute atomic E-state index is 12.3. The molecule has 0 unspecified atom stereocenters. The number of nitrogens with zero attached hydrogens (tertiary/aromatic N) is 1. The molecule has 0 aliphatic carbocycles. The highest BCUT2D eigenvalue weighted by molar-refractivity contribution is 5.74. The van der Waals surface area contributed by atoms with Gasteiger partial charge in [-0.1, -0.05) is 18.2 Å². The van der Waals surface area contributed by atoms with Crippen molar-refractivity contribution in [2.45, 2.75) is 25.7 Å². The Morgan fingerprint density at radius 2 is 2.35 bits per heavy atom. The molecule has 0 radical (unpaired) electrons. The number of ether oxygens (including phenoxy) is 2. The predicted molar refractivity (Wildman–Crippen MR) is 81.5 cm³/mol. The smallest absolute Gasteiger partial charge is 0.387 e. The number of halogens is 2. The van der Waals surface area contributed by atoms with Crippen molar-refractivity contribution in [3.63, 3.8) is 0 Å². The van der Waals surface area contributed by atoms with Crippen LogP contribution in [0.3, 0.4) is 0 Å². The Labute approximate surface area is 133 Å². The van der Waals surface area contributed by atoms with Gasteiger partial charge in [-0.05, 0) is 24.6 Å². The average Bonchev–Trinajstić information content (AvgIpc) is 2.54. The fraction of sp³-hybridized carbons (Fsp3) is 0.438. The Morgan fingerprint density at radius 3 is 3.04 bits per heavy atom. The van der Waals surface area contributed by atoms with Crippen LogP contribution in [0.4, 0.5) is 13.6 Å². The maximum atomic E-state index is 12.3. The minimum atomic E-state index is -2.87. The lowest BCUT2D eigenvalue weighted by atomic mass is 10.1. The van der Waals surface area contributed by atoms with Crippen LogP contribution in [-0.2, 0) is 4.74 Å². The molecule has 1 aromatic rings. The number of benzene rings is 1. The molecule has 0 saturated carbocycles. The van der Waals surface area contributed by atoms with Crippen LogP contribution >= 0.6 is 0 Å². The molecule has 1 saturated heterocycles. The number of morpholine rings is 1. The quantitative estimate of drug-likeness (QED) is 0.847. The molecule has 2 amide bonds. The summed E-state index contributed by atoms with van der Waals surface area (Å²) in [5.41, 5.74) is 0.692. The van der Waals surface area contributed by atoms with E-state index in [0.29, 0.717) is 25.3 Å². The van der Waals surface area contributed by atoms with Gasteiger partial charge in [0.25, 0.3) is 0 Å². The first-order valence-electron chi connectivity index (χ1n) is 7.34. The Hall–Kier alpha value is -2.15. The minimum Gasteiger partial charge on any atom is -0.435 e. The Morgan fingerprint density at radius 1 is 1.57 bits per heavy atom. The number of nitrogens with one attached hydrogen (secondary N) is 1. The zero-order valence-corrected chi connectivity index (χ0v) is 12.9. The maximum Gasteiger partial charge on any atom is 0.387 e. The summed E-state index contributed by atoms with van der Waals surface area (Å²) in [6.07, 6.45) is 1.26. The summed E-state index contributed by atoms with van der Waals surface area (Å²) in [5.74, 6) is 0.0722. The third-order valence-electron chi connectivity index (χ3n) is 3.51. The highest BCUT2D eigenvalue weighted by Crippen LogP contribution is 2.26. The van der Waals surface area contributed by atoms with Crippen LogP contribution in [0.2, 0.25) is 0 Å². The molecule has 1 fully saturated rings. The van der Waals surface area contributed by atoms with Gasteiger partial charge in [-0.25, -0.2) is 4.79 Å². The van der Waals surface area contributed by atoms with E-state index in [1.165, 1.54) is 12.1 Å². The molecule has 0 spiro atoms. The third-order valence-corrected chi connectivity index (χ3v) is 3.51. The summed E-state index contributed by atoms with van der Waals surface area (Å²) in [6.45, 7) is 3.76. The van der Waals surface area contributed by atoms with E-state index in [0.717, 1.165) is 0 Å². The summed E-state index contributed by atoms with van der Waals surface area (Å²) in [7, 11) is 0. The second kappa shape index (κ2) is 7.92. The second-order valence-electron chi connectivity index (χ2n) is 5.23. The molecule has 1 N–H and O–H groups in total. The molecule has 126 valence electrons. The Kier molecular flexibility index (Phi) is 5.92. The average molecular weight is 326 g/mol. The summed E-state index contributed by atoms with van der Waals surface area (Å²) >= 11 is 0. The number of carbonyl (C=O) groups is 1. The fourth-order valence-corrected chi connectivity index (χ4v) is 2.27. The molecule has 1 aliphatic rings. The van der Waals surface area contributed by atoms with Crippen molar-refractivity contribution < 1.29 is 23.0 Å². The topological polar surface area (TPSA) is 50.8 Å². The number of hydrogen-bond acceptors (Lipinski definition) is 3. The fourth-order valence-electron chi connectivity index (χ4n) is 2.27. The molecule has 23 heavy (non-hydrogen) atoms. The van der Waals surface area contributed by atoms with E-state index in [2.05, 4.69) is 16.6 Å². The van der Waals surface area contributed by atoms with Crippen molar-refractivity contribution in [3.05, 3.63) is 42.5 Å². The van der Waals surface area contributed by atoms with Gasteiger partial charge in [0.1, 0.15) is 11.9 Å². The Bertz CT molecular complexity index is 554. The Balaban J connectivity index is 2.03. The molecule has 0 bridgehead atoms. The first-order chi connectivity index (χ1) is 11.0. The highest BCUT2D eigenvalue weighted by Gasteiger charge is 2.26. The van der Waals surface area contributed by atoms with E-state index < -0.39 is 6.61 Å². The summed E-state index contributed by atoms with van der Waals surface area (Å²) < 4.78 is 34.6. The molecule has 1 aliphatic heterocycles. The number of alkyl halides is 2. The zero-order chi connectivity index (χ0) is 16.8. The van der Waals surface area contributed by atoms with E-state index in [1.54, 1.807) is 23.1 Å². The van der Waals surface area contributed by atoms with Gasteiger partial charge in [-0.3, -0.25) is 0 Å². The predicted octanol–water partition coefficient (Wildman–Crippen LogP) is 2.95. The number of amides is 2. The first-order valence-corrected chi connectivity index (χ1v) is 7.34. The van der Waals surface area contributed by atoms with Crippen molar-refractivity contribution in [1.82, 2.24) is 10.2 Å². The van der Waals surface area contributed by atoms with Crippen molar-refractivity contribution in [1.29, 1.82) is 0 Å². The molecule has 7 heteroatoms. The summed E-state index contributed by atoms with van der Waals surface area (Å²) in [5, 5.41) is 2.80. The molecule has 5 nitrogen and oxygen atoms in total. The SMILES string of the molecule is C=C[C@@H](C)NC(=O)N1CCO[C@@H](c2cccc(OC(F)F)c2)C1. The van der Waals surface area contributed by atoms with Gasteiger partial charge < -0.3 is 19.7 Å². The van der Waals surface area contributed by atoms with Crippen molar-refractivity contribution in [2.75, 3.05) is 19.7 Å². The number of urea groups is 1. The molecule has 2 atom stereocenters. The van der Waals surface area contributed by atoms with Crippen LogP contribution in [0.1, 0.15) is 18.6 Å². The number of rotatable bonds is 5. The van der Waals surface area contributed by atoms with Gasteiger partial charge >= 0.3 is 12.6 Å². The van der Waals surface area contributed by atoms with Crippen LogP contribution < -0.4 is 10.1 Å². The molecule has 1 aromatic carbocycles. The van der Waals surface area contributed by atoms with E-state index >= 15 is 0 Å². The van der Waals surface area contributed by atoms with Crippen molar-refractivity contribution in [3.8, 4) is 5.75 Å².